The topological polar surface area (TPSA) is 88.3 Å². The number of furan rings is 1. The Kier molecular flexibility index (Phi) is 5.68. The highest BCUT2D eigenvalue weighted by atomic mass is 32.1. The van der Waals surface area contributed by atoms with E-state index < -0.39 is 11.9 Å². The number of aromatic nitrogens is 2. The van der Waals surface area contributed by atoms with E-state index in [1.54, 1.807) is 17.5 Å². The Morgan fingerprint density at radius 3 is 2.62 bits per heavy atom. The number of hydrogen-bond donors (Lipinski definition) is 1. The normalized spacial score (nSPS) is 15.0. The first-order valence-electron chi connectivity index (χ1n) is 10.6. The van der Waals surface area contributed by atoms with Crippen LogP contribution in [0.3, 0.4) is 0 Å². The minimum Gasteiger partial charge on any atom is -0.467 e. The molecule has 1 fully saturated rings. The van der Waals surface area contributed by atoms with Crippen molar-refractivity contribution in [1.29, 1.82) is 0 Å². The zero-order chi connectivity index (χ0) is 21.9. The SMILES string of the molecule is O=C(NC1CCCC1)[C@H](c1ccco1)N(C(=O)c1csnn1)c1cccc2ccccc12. The van der Waals surface area contributed by atoms with Gasteiger partial charge in [-0.25, -0.2) is 0 Å². The molecule has 1 aliphatic carbocycles. The molecule has 1 atom stereocenters. The number of benzene rings is 2. The molecule has 162 valence electrons. The van der Waals surface area contributed by atoms with Crippen molar-refractivity contribution in [2.75, 3.05) is 4.90 Å². The van der Waals surface area contributed by atoms with E-state index in [0.29, 0.717) is 11.4 Å². The highest BCUT2D eigenvalue weighted by Crippen LogP contribution is 2.35. The zero-order valence-corrected chi connectivity index (χ0v) is 18.1. The molecule has 7 nitrogen and oxygen atoms in total. The average Bonchev–Trinajstić information content (AvgIpc) is 3.60. The highest BCUT2D eigenvalue weighted by Gasteiger charge is 2.38. The van der Waals surface area contributed by atoms with Gasteiger partial charge in [0.25, 0.3) is 11.8 Å². The summed E-state index contributed by atoms with van der Waals surface area (Å²) in [6.07, 6.45) is 5.57. The van der Waals surface area contributed by atoms with Crippen LogP contribution in [0, 0.1) is 0 Å². The average molecular weight is 447 g/mol. The Morgan fingerprint density at radius 2 is 1.88 bits per heavy atom. The molecule has 0 radical (unpaired) electrons. The second-order valence-electron chi connectivity index (χ2n) is 7.87. The molecule has 32 heavy (non-hydrogen) atoms. The summed E-state index contributed by atoms with van der Waals surface area (Å²) in [5.74, 6) is -0.278. The summed E-state index contributed by atoms with van der Waals surface area (Å²) in [6, 6.07) is 16.1. The van der Waals surface area contributed by atoms with Crippen LogP contribution >= 0.6 is 11.5 Å². The van der Waals surface area contributed by atoms with Crippen LogP contribution < -0.4 is 10.2 Å². The predicted octanol–water partition coefficient (Wildman–Crippen LogP) is 4.73. The fourth-order valence-electron chi connectivity index (χ4n) is 4.34. The summed E-state index contributed by atoms with van der Waals surface area (Å²) in [5, 5.41) is 10.5. The second-order valence-corrected chi connectivity index (χ2v) is 8.48. The Hall–Kier alpha value is -3.52. The number of amides is 2. The molecule has 8 heteroatoms. The summed E-state index contributed by atoms with van der Waals surface area (Å²) in [5.41, 5.74) is 0.803. The van der Waals surface area contributed by atoms with E-state index in [0.717, 1.165) is 48.0 Å². The van der Waals surface area contributed by atoms with Crippen molar-refractivity contribution in [1.82, 2.24) is 14.9 Å². The van der Waals surface area contributed by atoms with E-state index in [9.17, 15) is 9.59 Å². The first-order valence-corrected chi connectivity index (χ1v) is 11.5. The minimum atomic E-state index is -0.981. The molecular weight excluding hydrogens is 424 g/mol. The predicted molar refractivity (Wildman–Crippen MR) is 123 cm³/mol. The Labute approximate surface area is 189 Å². The fraction of sp³-hybridized carbons (Fsp3) is 0.250. The van der Waals surface area contributed by atoms with Crippen molar-refractivity contribution in [3.63, 3.8) is 0 Å². The largest absolute Gasteiger partial charge is 0.467 e. The molecule has 0 spiro atoms. The van der Waals surface area contributed by atoms with Gasteiger partial charge in [0.2, 0.25) is 0 Å². The second kappa shape index (κ2) is 8.92. The van der Waals surface area contributed by atoms with Gasteiger partial charge in [-0.1, -0.05) is 53.7 Å². The molecule has 2 aromatic heterocycles. The van der Waals surface area contributed by atoms with Crippen molar-refractivity contribution in [2.24, 2.45) is 0 Å². The molecule has 0 bridgehead atoms. The van der Waals surface area contributed by atoms with Crippen molar-refractivity contribution in [2.45, 2.75) is 37.8 Å². The molecule has 2 aromatic carbocycles. The molecule has 5 rings (SSSR count). The van der Waals surface area contributed by atoms with E-state index in [4.69, 9.17) is 4.42 Å². The van der Waals surface area contributed by atoms with Crippen LogP contribution in [0.5, 0.6) is 0 Å². The van der Waals surface area contributed by atoms with Gasteiger partial charge >= 0.3 is 0 Å². The van der Waals surface area contributed by atoms with Crippen LogP contribution in [-0.2, 0) is 4.79 Å². The third kappa shape index (κ3) is 3.89. The number of carbonyl (C=O) groups is 2. The number of fused-ring (bicyclic) bond motifs is 1. The fourth-order valence-corrected chi connectivity index (χ4v) is 4.77. The van der Waals surface area contributed by atoms with Crippen LogP contribution in [0.4, 0.5) is 5.69 Å². The molecule has 1 N–H and O–H groups in total. The number of carbonyl (C=O) groups excluding carboxylic acids is 2. The molecule has 0 aliphatic heterocycles. The van der Waals surface area contributed by atoms with Crippen LogP contribution in [0.15, 0.2) is 70.7 Å². The molecule has 4 aromatic rings. The Morgan fingerprint density at radius 1 is 1.06 bits per heavy atom. The van der Waals surface area contributed by atoms with Gasteiger partial charge in [-0.05, 0) is 48.0 Å². The van der Waals surface area contributed by atoms with Gasteiger partial charge in [0.05, 0.1) is 12.0 Å². The van der Waals surface area contributed by atoms with Gasteiger partial charge in [-0.15, -0.1) is 5.10 Å². The van der Waals surface area contributed by atoms with E-state index >= 15 is 0 Å². The molecule has 0 unspecified atom stereocenters. The number of nitrogens with one attached hydrogen (secondary N) is 1. The van der Waals surface area contributed by atoms with Gasteiger partial charge < -0.3 is 9.73 Å². The van der Waals surface area contributed by atoms with E-state index in [1.165, 1.54) is 11.2 Å². The third-order valence-electron chi connectivity index (χ3n) is 5.84. The van der Waals surface area contributed by atoms with Crippen molar-refractivity contribution >= 4 is 39.8 Å². The van der Waals surface area contributed by atoms with Crippen LogP contribution in [0.1, 0.15) is 48.0 Å². The molecule has 1 aliphatic rings. The lowest BCUT2D eigenvalue weighted by Crippen LogP contribution is -2.46. The smallest absolute Gasteiger partial charge is 0.280 e. The molecule has 2 amide bonds. The van der Waals surface area contributed by atoms with E-state index in [-0.39, 0.29) is 17.6 Å². The first-order chi connectivity index (χ1) is 15.7. The van der Waals surface area contributed by atoms with Crippen LogP contribution in [-0.4, -0.2) is 27.4 Å². The summed E-state index contributed by atoms with van der Waals surface area (Å²) < 4.78 is 9.53. The maximum atomic E-state index is 13.7. The van der Waals surface area contributed by atoms with Gasteiger partial charge in [-0.2, -0.15) is 0 Å². The van der Waals surface area contributed by atoms with Crippen molar-refractivity contribution < 1.29 is 14.0 Å². The van der Waals surface area contributed by atoms with Crippen molar-refractivity contribution in [3.05, 3.63) is 77.7 Å². The zero-order valence-electron chi connectivity index (χ0n) is 17.3. The van der Waals surface area contributed by atoms with E-state index in [2.05, 4.69) is 14.9 Å². The number of nitrogens with zero attached hydrogens (tertiary/aromatic N) is 3. The molecule has 1 saturated carbocycles. The summed E-state index contributed by atoms with van der Waals surface area (Å²) in [4.78, 5) is 28.8. The van der Waals surface area contributed by atoms with E-state index in [1.807, 2.05) is 42.5 Å². The summed E-state index contributed by atoms with van der Waals surface area (Å²) in [7, 11) is 0. The third-order valence-corrected chi connectivity index (χ3v) is 6.35. The van der Waals surface area contributed by atoms with Gasteiger partial charge in [-0.3, -0.25) is 14.5 Å². The standard InChI is InChI=1S/C24H22N4O3S/c29-23(25-17-9-2-3-10-17)22(21-13-6-14-31-21)28(24(30)19-15-32-27-26-19)20-12-5-8-16-7-1-4-11-18(16)20/h1,4-8,11-15,17,22H,2-3,9-10H2,(H,25,29)/t22-/m0/s1. The van der Waals surface area contributed by atoms with Crippen molar-refractivity contribution in [3.8, 4) is 0 Å². The highest BCUT2D eigenvalue weighted by molar-refractivity contribution is 7.03. The van der Waals surface area contributed by atoms with Gasteiger partial charge in [0.15, 0.2) is 11.7 Å². The molecular formula is C24H22N4O3S. The Balaban J connectivity index is 1.66. The number of hydrogen-bond acceptors (Lipinski definition) is 6. The summed E-state index contributed by atoms with van der Waals surface area (Å²) in [6.45, 7) is 0. The monoisotopic (exact) mass is 446 g/mol. The molecule has 0 saturated heterocycles. The summed E-state index contributed by atoms with van der Waals surface area (Å²) >= 11 is 1.10. The lowest BCUT2D eigenvalue weighted by molar-refractivity contribution is -0.123. The Bertz CT molecular complexity index is 1210. The minimum absolute atomic E-state index is 0.102. The number of anilines is 1. The number of rotatable bonds is 6. The van der Waals surface area contributed by atoms with Gasteiger partial charge in [0, 0.05) is 16.8 Å². The maximum Gasteiger partial charge on any atom is 0.280 e. The maximum absolute atomic E-state index is 13.7. The lowest BCUT2D eigenvalue weighted by atomic mass is 10.0. The van der Waals surface area contributed by atoms with Gasteiger partial charge in [0.1, 0.15) is 5.76 Å². The van der Waals surface area contributed by atoms with Crippen LogP contribution in [0.25, 0.3) is 10.8 Å². The lowest BCUT2D eigenvalue weighted by Gasteiger charge is -2.31. The quantitative estimate of drug-likeness (QED) is 0.463. The first kappa shape index (κ1) is 20.4. The molecule has 2 heterocycles. The van der Waals surface area contributed by atoms with Crippen LogP contribution in [0.2, 0.25) is 0 Å².